The second kappa shape index (κ2) is 4.74. The van der Waals surface area contributed by atoms with E-state index in [-0.39, 0.29) is 5.92 Å². The van der Waals surface area contributed by atoms with Crippen LogP contribution in [0.15, 0.2) is 29.5 Å². The fourth-order valence-corrected chi connectivity index (χ4v) is 1.99. The minimum atomic E-state index is -0.626. The van der Waals surface area contributed by atoms with Crippen LogP contribution in [0.25, 0.3) is 0 Å². The van der Waals surface area contributed by atoms with Crippen molar-refractivity contribution in [3.8, 4) is 0 Å². The summed E-state index contributed by atoms with van der Waals surface area (Å²) in [7, 11) is 0. The molecule has 1 atom stereocenters. The smallest absolute Gasteiger partial charge is 0.332 e. The molecular weight excluding hydrogens is 204 g/mol. The summed E-state index contributed by atoms with van der Waals surface area (Å²) in [6.07, 6.45) is 4.76. The predicted octanol–water partition coefficient (Wildman–Crippen LogP) is 1.37. The number of pyridine rings is 1. The van der Waals surface area contributed by atoms with Gasteiger partial charge in [-0.25, -0.2) is 10.2 Å². The number of hydrogen-bond acceptors (Lipinski definition) is 3. The average Bonchev–Trinajstić information content (AvgIpc) is 2.75. The second-order valence-electron chi connectivity index (χ2n) is 3.78. The molecule has 0 saturated heterocycles. The van der Waals surface area contributed by atoms with E-state index in [0.29, 0.717) is 0 Å². The third kappa shape index (κ3) is 2.36. The number of hydrazone groups is 1. The zero-order valence-corrected chi connectivity index (χ0v) is 8.89. The van der Waals surface area contributed by atoms with E-state index in [1.165, 1.54) is 0 Å². The number of rotatable bonds is 2. The number of amides is 2. The predicted molar refractivity (Wildman–Crippen MR) is 61.0 cm³/mol. The molecule has 2 amide bonds. The van der Waals surface area contributed by atoms with Gasteiger partial charge in [-0.05, 0) is 31.4 Å². The number of nitrogens with one attached hydrogen (secondary N) is 1. The third-order valence-corrected chi connectivity index (χ3v) is 2.68. The van der Waals surface area contributed by atoms with Crippen molar-refractivity contribution in [2.75, 3.05) is 0 Å². The molecule has 1 aromatic heterocycles. The molecule has 1 fully saturated rings. The van der Waals surface area contributed by atoms with Crippen LogP contribution in [0.2, 0.25) is 0 Å². The first-order valence-electron chi connectivity index (χ1n) is 5.30. The Labute approximate surface area is 93.8 Å². The first-order valence-corrected chi connectivity index (χ1v) is 5.30. The van der Waals surface area contributed by atoms with E-state index >= 15 is 0 Å². The number of nitrogens with two attached hydrogens (primary N) is 1. The Hall–Kier alpha value is -1.91. The van der Waals surface area contributed by atoms with Crippen molar-refractivity contribution < 1.29 is 4.79 Å². The summed E-state index contributed by atoms with van der Waals surface area (Å²) >= 11 is 0. The van der Waals surface area contributed by atoms with Crippen molar-refractivity contribution in [3.63, 3.8) is 0 Å². The lowest BCUT2D eigenvalue weighted by Crippen LogP contribution is -2.26. The number of primary amides is 1. The fourth-order valence-electron chi connectivity index (χ4n) is 1.99. The van der Waals surface area contributed by atoms with Crippen molar-refractivity contribution in [3.05, 3.63) is 30.1 Å². The molecule has 0 radical (unpaired) electrons. The minimum absolute atomic E-state index is 0.216. The summed E-state index contributed by atoms with van der Waals surface area (Å²) in [6.45, 7) is 0. The molecule has 0 aromatic carbocycles. The van der Waals surface area contributed by atoms with Gasteiger partial charge < -0.3 is 5.73 Å². The van der Waals surface area contributed by atoms with Crippen LogP contribution in [0.4, 0.5) is 4.79 Å². The first-order chi connectivity index (χ1) is 7.77. The van der Waals surface area contributed by atoms with Gasteiger partial charge in [0.15, 0.2) is 0 Å². The van der Waals surface area contributed by atoms with E-state index in [9.17, 15) is 4.79 Å². The molecule has 5 heteroatoms. The van der Waals surface area contributed by atoms with Crippen molar-refractivity contribution in [2.45, 2.75) is 25.2 Å². The van der Waals surface area contributed by atoms with Crippen LogP contribution in [-0.4, -0.2) is 16.7 Å². The van der Waals surface area contributed by atoms with Crippen LogP contribution < -0.4 is 11.2 Å². The first kappa shape index (κ1) is 10.6. The zero-order valence-electron chi connectivity index (χ0n) is 8.89. The maximum atomic E-state index is 10.6. The summed E-state index contributed by atoms with van der Waals surface area (Å²) in [5.41, 5.74) is 9.23. The van der Waals surface area contributed by atoms with Crippen LogP contribution in [0.5, 0.6) is 0 Å². The third-order valence-electron chi connectivity index (χ3n) is 2.68. The fraction of sp³-hybridized carbons (Fsp3) is 0.364. The van der Waals surface area contributed by atoms with Crippen LogP contribution in [-0.2, 0) is 0 Å². The van der Waals surface area contributed by atoms with Gasteiger partial charge in [0.2, 0.25) is 0 Å². The number of urea groups is 1. The lowest BCUT2D eigenvalue weighted by Gasteiger charge is -2.09. The Balaban J connectivity index is 2.15. The van der Waals surface area contributed by atoms with Crippen LogP contribution in [0, 0.1) is 0 Å². The van der Waals surface area contributed by atoms with Gasteiger partial charge in [-0.2, -0.15) is 5.10 Å². The highest BCUT2D eigenvalue weighted by molar-refractivity contribution is 5.93. The molecule has 1 aliphatic rings. The molecule has 1 heterocycles. The molecule has 1 aromatic rings. The molecule has 1 aliphatic carbocycles. The van der Waals surface area contributed by atoms with Gasteiger partial charge in [0.1, 0.15) is 0 Å². The Kier molecular flexibility index (Phi) is 3.14. The Morgan fingerprint density at radius 2 is 2.44 bits per heavy atom. The van der Waals surface area contributed by atoms with Gasteiger partial charge in [0.05, 0.1) is 0 Å². The van der Waals surface area contributed by atoms with Crippen molar-refractivity contribution >= 4 is 11.7 Å². The van der Waals surface area contributed by atoms with E-state index in [4.69, 9.17) is 5.73 Å². The summed E-state index contributed by atoms with van der Waals surface area (Å²) in [5.74, 6) is 0.216. The molecule has 84 valence electrons. The molecule has 3 N–H and O–H groups in total. The highest BCUT2D eigenvalue weighted by Gasteiger charge is 2.25. The van der Waals surface area contributed by atoms with Gasteiger partial charge in [0.25, 0.3) is 0 Å². The van der Waals surface area contributed by atoms with Gasteiger partial charge in [-0.15, -0.1) is 0 Å². The molecule has 1 saturated carbocycles. The highest BCUT2D eigenvalue weighted by Crippen LogP contribution is 2.30. The monoisotopic (exact) mass is 218 g/mol. The van der Waals surface area contributed by atoms with Crippen LogP contribution >= 0.6 is 0 Å². The van der Waals surface area contributed by atoms with Crippen molar-refractivity contribution in [1.82, 2.24) is 10.4 Å². The molecular formula is C11H14N4O. The van der Waals surface area contributed by atoms with Crippen LogP contribution in [0.1, 0.15) is 30.9 Å². The van der Waals surface area contributed by atoms with Crippen molar-refractivity contribution in [2.24, 2.45) is 10.8 Å². The maximum absolute atomic E-state index is 10.6. The standard InChI is InChI=1S/C11H14N4O/c12-11(16)15-14-10-6-3-4-8(10)9-5-1-2-7-13-9/h1-2,5,7-8H,3-4,6H2,(H3,12,15,16). The Morgan fingerprint density at radius 1 is 1.56 bits per heavy atom. The summed E-state index contributed by atoms with van der Waals surface area (Å²) in [5, 5.41) is 4.03. The van der Waals surface area contributed by atoms with Crippen LogP contribution in [0.3, 0.4) is 0 Å². The highest BCUT2D eigenvalue weighted by atomic mass is 16.2. The summed E-state index contributed by atoms with van der Waals surface area (Å²) in [6, 6.07) is 5.20. The summed E-state index contributed by atoms with van der Waals surface area (Å²) in [4.78, 5) is 14.9. The lowest BCUT2D eigenvalue weighted by molar-refractivity contribution is 0.249. The second-order valence-corrected chi connectivity index (χ2v) is 3.78. The summed E-state index contributed by atoms with van der Waals surface area (Å²) < 4.78 is 0. The van der Waals surface area contributed by atoms with E-state index in [1.54, 1.807) is 6.20 Å². The molecule has 2 rings (SSSR count). The van der Waals surface area contributed by atoms with E-state index < -0.39 is 6.03 Å². The largest absolute Gasteiger partial charge is 0.350 e. The molecule has 0 aliphatic heterocycles. The molecule has 0 spiro atoms. The van der Waals surface area contributed by atoms with Crippen molar-refractivity contribution in [1.29, 1.82) is 0 Å². The molecule has 0 bridgehead atoms. The lowest BCUT2D eigenvalue weighted by atomic mass is 10.0. The molecule has 5 nitrogen and oxygen atoms in total. The number of carbonyl (C=O) groups is 1. The number of nitrogens with zero attached hydrogens (tertiary/aromatic N) is 2. The minimum Gasteiger partial charge on any atom is -0.350 e. The van der Waals surface area contributed by atoms with Gasteiger partial charge >= 0.3 is 6.03 Å². The van der Waals surface area contributed by atoms with Gasteiger partial charge in [-0.3, -0.25) is 4.98 Å². The Morgan fingerprint density at radius 3 is 3.12 bits per heavy atom. The molecule has 16 heavy (non-hydrogen) atoms. The molecule has 1 unspecified atom stereocenters. The SMILES string of the molecule is NC(=O)NN=C1CCCC1c1ccccn1. The van der Waals surface area contributed by atoms with E-state index in [2.05, 4.69) is 15.5 Å². The van der Waals surface area contributed by atoms with E-state index in [1.807, 2.05) is 18.2 Å². The van der Waals surface area contributed by atoms with Gasteiger partial charge in [-0.1, -0.05) is 6.07 Å². The number of hydrogen-bond donors (Lipinski definition) is 2. The average molecular weight is 218 g/mol. The number of aromatic nitrogens is 1. The van der Waals surface area contributed by atoms with Gasteiger partial charge in [0, 0.05) is 23.5 Å². The quantitative estimate of drug-likeness (QED) is 0.735. The maximum Gasteiger partial charge on any atom is 0.332 e. The number of carbonyl (C=O) groups excluding carboxylic acids is 1. The topological polar surface area (TPSA) is 80.4 Å². The Bertz CT molecular complexity index is 402. The normalized spacial score (nSPS) is 22.2. The zero-order chi connectivity index (χ0) is 11.4. The van der Waals surface area contributed by atoms with E-state index in [0.717, 1.165) is 30.7 Å².